The molecule has 0 radical (unpaired) electrons. The van der Waals surface area contributed by atoms with Gasteiger partial charge in [-0.05, 0) is 59.7 Å². The second kappa shape index (κ2) is 8.19. The molecule has 3 aromatic carbocycles. The number of carbonyl (C=O) groups is 2. The third-order valence-electron chi connectivity index (χ3n) is 5.85. The van der Waals surface area contributed by atoms with Gasteiger partial charge in [0, 0.05) is 22.5 Å². The van der Waals surface area contributed by atoms with Crippen LogP contribution in [0.1, 0.15) is 22.9 Å². The Morgan fingerprint density at radius 3 is 2.42 bits per heavy atom. The zero-order chi connectivity index (χ0) is 23.1. The maximum atomic E-state index is 13.3. The van der Waals surface area contributed by atoms with Gasteiger partial charge in [0.2, 0.25) is 0 Å². The summed E-state index contributed by atoms with van der Waals surface area (Å²) < 4.78 is 0. The number of ketones is 1. The Morgan fingerprint density at radius 2 is 1.70 bits per heavy atom. The Bertz CT molecular complexity index is 1450. The molecule has 5 rings (SSSR count). The average Bonchev–Trinajstić information content (AvgIpc) is 3.09. The number of aliphatic hydroxyl groups is 1. The molecule has 1 fully saturated rings. The van der Waals surface area contributed by atoms with Crippen molar-refractivity contribution in [1.82, 2.24) is 4.98 Å². The molecule has 0 bridgehead atoms. The lowest BCUT2D eigenvalue weighted by molar-refractivity contribution is -0.132. The molecule has 1 aliphatic rings. The highest BCUT2D eigenvalue weighted by atomic mass is 35.5. The maximum absolute atomic E-state index is 13.3. The fourth-order valence-electron chi connectivity index (χ4n) is 4.28. The van der Waals surface area contributed by atoms with Crippen LogP contribution in [-0.2, 0) is 9.59 Å². The van der Waals surface area contributed by atoms with Gasteiger partial charge in [0.15, 0.2) is 0 Å². The molecule has 1 aliphatic heterocycles. The number of anilines is 1. The Kier molecular flexibility index (Phi) is 5.19. The van der Waals surface area contributed by atoms with Crippen molar-refractivity contribution in [3.8, 4) is 0 Å². The number of carbonyl (C=O) groups excluding carboxylic acids is 2. The van der Waals surface area contributed by atoms with Gasteiger partial charge >= 0.3 is 0 Å². The average molecular weight is 455 g/mol. The highest BCUT2D eigenvalue weighted by Crippen LogP contribution is 2.43. The summed E-state index contributed by atoms with van der Waals surface area (Å²) in [5.74, 6) is -1.71. The smallest absolute Gasteiger partial charge is 0.300 e. The minimum Gasteiger partial charge on any atom is -0.507 e. The van der Waals surface area contributed by atoms with Crippen LogP contribution in [-0.4, -0.2) is 21.8 Å². The van der Waals surface area contributed by atoms with Crippen molar-refractivity contribution < 1.29 is 14.7 Å². The molecule has 1 N–H and O–H groups in total. The molecule has 4 aromatic rings. The Morgan fingerprint density at radius 1 is 0.939 bits per heavy atom. The molecule has 0 spiro atoms. The lowest BCUT2D eigenvalue weighted by Gasteiger charge is -2.26. The Balaban J connectivity index is 1.74. The molecule has 1 amide bonds. The first-order valence-electron chi connectivity index (χ1n) is 10.4. The molecule has 6 heteroatoms. The molecule has 162 valence electrons. The first kappa shape index (κ1) is 20.9. The van der Waals surface area contributed by atoms with E-state index in [1.165, 1.54) is 4.90 Å². The highest BCUT2D eigenvalue weighted by molar-refractivity contribution is 6.51. The second-order valence-corrected chi connectivity index (χ2v) is 8.35. The van der Waals surface area contributed by atoms with Crippen LogP contribution in [0.25, 0.3) is 16.5 Å². The third kappa shape index (κ3) is 3.56. The number of Topliss-reactive ketones (excluding diaryl/α,β-unsaturated/α-hetero) is 1. The molecule has 0 saturated carbocycles. The van der Waals surface area contributed by atoms with Gasteiger partial charge in [-0.25, -0.2) is 0 Å². The highest BCUT2D eigenvalue weighted by Gasteiger charge is 2.48. The summed E-state index contributed by atoms with van der Waals surface area (Å²) in [6.07, 6.45) is 1.60. The van der Waals surface area contributed by atoms with Gasteiger partial charge in [-0.1, -0.05) is 54.1 Å². The van der Waals surface area contributed by atoms with Crippen LogP contribution in [0, 0.1) is 6.92 Å². The number of aryl methyl sites for hydroxylation is 1. The van der Waals surface area contributed by atoms with E-state index in [1.807, 2.05) is 37.3 Å². The number of rotatable bonds is 3. The number of amides is 1. The summed E-state index contributed by atoms with van der Waals surface area (Å²) >= 11 is 6.12. The van der Waals surface area contributed by atoms with Crippen molar-refractivity contribution in [2.75, 3.05) is 4.90 Å². The summed E-state index contributed by atoms with van der Waals surface area (Å²) in [6, 6.07) is 22.7. The first-order chi connectivity index (χ1) is 16.0. The van der Waals surface area contributed by atoms with E-state index < -0.39 is 17.7 Å². The molecule has 1 aromatic heterocycles. The molecule has 0 aliphatic carbocycles. The number of aromatic nitrogens is 1. The van der Waals surface area contributed by atoms with Crippen LogP contribution in [0.15, 0.2) is 90.6 Å². The van der Waals surface area contributed by atoms with Crippen LogP contribution >= 0.6 is 11.6 Å². The number of hydrogen-bond donors (Lipinski definition) is 1. The van der Waals surface area contributed by atoms with Gasteiger partial charge in [-0.15, -0.1) is 0 Å². The summed E-state index contributed by atoms with van der Waals surface area (Å²) in [6.45, 7) is 1.82. The van der Waals surface area contributed by atoms with Crippen LogP contribution in [0.4, 0.5) is 5.69 Å². The van der Waals surface area contributed by atoms with Crippen LogP contribution in [0.3, 0.4) is 0 Å². The minimum atomic E-state index is -0.877. The molecule has 5 nitrogen and oxygen atoms in total. The van der Waals surface area contributed by atoms with Crippen molar-refractivity contribution in [3.05, 3.63) is 112 Å². The predicted octanol–water partition coefficient (Wildman–Crippen LogP) is 5.82. The van der Waals surface area contributed by atoms with Crippen LogP contribution < -0.4 is 4.90 Å². The quantitative estimate of drug-likeness (QED) is 0.240. The summed E-state index contributed by atoms with van der Waals surface area (Å²) in [4.78, 5) is 32.3. The van der Waals surface area contributed by atoms with Gasteiger partial charge < -0.3 is 5.11 Å². The molecular weight excluding hydrogens is 436 g/mol. The van der Waals surface area contributed by atoms with Crippen molar-refractivity contribution in [3.63, 3.8) is 0 Å². The predicted molar refractivity (Wildman–Crippen MR) is 129 cm³/mol. The molecule has 1 saturated heterocycles. The van der Waals surface area contributed by atoms with E-state index >= 15 is 0 Å². The maximum Gasteiger partial charge on any atom is 0.300 e. The standard InChI is InChI=1S/C27H19ClN2O3/c1-16-14-20(28)11-12-22(16)30-24(21-8-4-5-13-29-21)23(26(32)27(30)33)25(31)19-10-9-17-6-2-3-7-18(17)15-19/h2-15,24,31H,1H3/b25-23-. The number of pyridine rings is 1. The fourth-order valence-corrected chi connectivity index (χ4v) is 4.51. The minimum absolute atomic E-state index is 0.00308. The largest absolute Gasteiger partial charge is 0.507 e. The fraction of sp³-hybridized carbons (Fsp3) is 0.0741. The zero-order valence-corrected chi connectivity index (χ0v) is 18.5. The van der Waals surface area contributed by atoms with Crippen molar-refractivity contribution in [1.29, 1.82) is 0 Å². The number of benzene rings is 3. The summed E-state index contributed by atoms with van der Waals surface area (Å²) in [5.41, 5.74) is 2.21. The van der Waals surface area contributed by atoms with E-state index in [9.17, 15) is 14.7 Å². The van der Waals surface area contributed by atoms with Crippen LogP contribution in [0.2, 0.25) is 5.02 Å². The Labute approximate surface area is 195 Å². The molecular formula is C27H19ClN2O3. The number of halogens is 1. The van der Waals surface area contributed by atoms with E-state index in [0.29, 0.717) is 22.0 Å². The van der Waals surface area contributed by atoms with Crippen molar-refractivity contribution >= 4 is 45.5 Å². The molecule has 2 heterocycles. The number of nitrogens with zero attached hydrogens (tertiary/aromatic N) is 2. The van der Waals surface area contributed by atoms with E-state index in [-0.39, 0.29) is 11.3 Å². The van der Waals surface area contributed by atoms with Gasteiger partial charge in [-0.2, -0.15) is 0 Å². The van der Waals surface area contributed by atoms with E-state index in [4.69, 9.17) is 11.6 Å². The molecule has 1 unspecified atom stereocenters. The Hall–Kier alpha value is -3.96. The first-order valence-corrected chi connectivity index (χ1v) is 10.8. The zero-order valence-electron chi connectivity index (χ0n) is 17.7. The second-order valence-electron chi connectivity index (χ2n) is 7.92. The van der Waals surface area contributed by atoms with Crippen molar-refractivity contribution in [2.24, 2.45) is 0 Å². The lowest BCUT2D eigenvalue weighted by atomic mass is 9.96. The SMILES string of the molecule is Cc1cc(Cl)ccc1N1C(=O)C(=O)/C(=C(\O)c2ccc3ccccc3c2)C1c1ccccn1. The van der Waals surface area contributed by atoms with Gasteiger partial charge in [-0.3, -0.25) is 19.5 Å². The van der Waals surface area contributed by atoms with E-state index in [2.05, 4.69) is 4.98 Å². The third-order valence-corrected chi connectivity index (χ3v) is 6.09. The number of hydrogen-bond acceptors (Lipinski definition) is 4. The molecule has 33 heavy (non-hydrogen) atoms. The normalized spacial score (nSPS) is 17.6. The van der Waals surface area contributed by atoms with Gasteiger partial charge in [0.05, 0.1) is 11.3 Å². The monoisotopic (exact) mass is 454 g/mol. The molecule has 1 atom stereocenters. The van der Waals surface area contributed by atoms with E-state index in [0.717, 1.165) is 16.3 Å². The van der Waals surface area contributed by atoms with Crippen LogP contribution in [0.5, 0.6) is 0 Å². The van der Waals surface area contributed by atoms with Crippen molar-refractivity contribution in [2.45, 2.75) is 13.0 Å². The van der Waals surface area contributed by atoms with Gasteiger partial charge in [0.1, 0.15) is 11.8 Å². The topological polar surface area (TPSA) is 70.5 Å². The summed E-state index contributed by atoms with van der Waals surface area (Å²) in [5, 5.41) is 13.8. The van der Waals surface area contributed by atoms with Gasteiger partial charge in [0.25, 0.3) is 11.7 Å². The number of aliphatic hydroxyl groups excluding tert-OH is 1. The van der Waals surface area contributed by atoms with E-state index in [1.54, 1.807) is 54.7 Å². The number of fused-ring (bicyclic) bond motifs is 1. The summed E-state index contributed by atoms with van der Waals surface area (Å²) in [7, 11) is 0. The lowest BCUT2D eigenvalue weighted by Crippen LogP contribution is -2.30.